The standard InChI is InChI=1S/C38H49ClN2O7S/c1-24-8-6-17-38(44,20-34(42)48-36(3,4)5)31-13-10-28(31)21-41-22-37(16-7-9-26-18-29(39)12-14-30(26)37)23-47-33-15-11-27(19-32(33)41)35(43)40-49(45,46)25(24)2/h6,11-12,14-15,17-19,24-25,28,31,44H,7-10,13,16,20-23H2,1-5H3,(H,40,43)/b17-6+/t24-,25+,28-,31+,37-,38-/m0/s1. The summed E-state index contributed by atoms with van der Waals surface area (Å²) in [6.45, 7) is 10.4. The summed E-state index contributed by atoms with van der Waals surface area (Å²) in [6.07, 6.45) is 7.96. The summed E-state index contributed by atoms with van der Waals surface area (Å²) in [4.78, 5) is 29.0. The van der Waals surface area contributed by atoms with Gasteiger partial charge >= 0.3 is 5.97 Å². The minimum absolute atomic E-state index is 0.0236. The maximum atomic E-state index is 13.5. The minimum Gasteiger partial charge on any atom is -0.490 e. The Morgan fingerprint density at radius 1 is 1.16 bits per heavy atom. The highest BCUT2D eigenvalue weighted by molar-refractivity contribution is 7.90. The Morgan fingerprint density at radius 3 is 2.65 bits per heavy atom. The number of amides is 1. The van der Waals surface area contributed by atoms with E-state index in [1.165, 1.54) is 11.1 Å². The zero-order valence-electron chi connectivity index (χ0n) is 29.1. The Hall–Kier alpha value is -3.08. The number of carbonyl (C=O) groups excluding carboxylic acids is 2. The van der Waals surface area contributed by atoms with Crippen molar-refractivity contribution in [2.24, 2.45) is 17.8 Å². The van der Waals surface area contributed by atoms with Gasteiger partial charge in [0.2, 0.25) is 10.0 Å². The molecule has 2 aromatic rings. The molecular weight excluding hydrogens is 664 g/mol. The number of carbonyl (C=O) groups is 2. The Labute approximate surface area is 295 Å². The summed E-state index contributed by atoms with van der Waals surface area (Å²) in [5.74, 6) is -1.16. The molecule has 2 N–H and O–H groups in total. The van der Waals surface area contributed by atoms with Crippen LogP contribution in [-0.2, 0) is 31.4 Å². The first kappa shape index (κ1) is 35.7. The van der Waals surface area contributed by atoms with Gasteiger partial charge in [0.15, 0.2) is 0 Å². The molecule has 6 rings (SSSR count). The topological polar surface area (TPSA) is 122 Å². The van der Waals surface area contributed by atoms with Crippen LogP contribution in [0, 0.1) is 17.8 Å². The summed E-state index contributed by atoms with van der Waals surface area (Å²) < 4.78 is 41.4. The summed E-state index contributed by atoms with van der Waals surface area (Å²) in [7, 11) is -4.04. The molecule has 0 aromatic heterocycles. The molecule has 1 fully saturated rings. The summed E-state index contributed by atoms with van der Waals surface area (Å²) >= 11 is 6.43. The number of esters is 1. The van der Waals surface area contributed by atoms with Crippen molar-refractivity contribution in [3.63, 3.8) is 0 Å². The lowest BCUT2D eigenvalue weighted by molar-refractivity contribution is -0.162. The second-order valence-corrected chi connectivity index (χ2v) is 18.3. The molecule has 0 radical (unpaired) electrons. The Balaban J connectivity index is 1.44. The molecule has 1 saturated carbocycles. The van der Waals surface area contributed by atoms with Crippen molar-refractivity contribution < 1.29 is 32.6 Å². The Kier molecular flexibility index (Phi) is 9.65. The molecule has 2 aromatic carbocycles. The fraction of sp³-hybridized carbons (Fsp3) is 0.579. The zero-order valence-corrected chi connectivity index (χ0v) is 30.7. The van der Waals surface area contributed by atoms with Crippen LogP contribution in [-0.4, -0.2) is 61.5 Å². The monoisotopic (exact) mass is 712 g/mol. The number of hydrogen-bond acceptors (Lipinski definition) is 8. The molecule has 266 valence electrons. The van der Waals surface area contributed by atoms with Crippen LogP contribution >= 0.6 is 11.6 Å². The fourth-order valence-corrected chi connectivity index (χ4v) is 9.65. The van der Waals surface area contributed by atoms with Crippen LogP contribution < -0.4 is 14.4 Å². The molecule has 49 heavy (non-hydrogen) atoms. The summed E-state index contributed by atoms with van der Waals surface area (Å²) in [5, 5.41) is 12.1. The number of ether oxygens (including phenoxy) is 2. The van der Waals surface area contributed by atoms with Crippen molar-refractivity contribution in [3.05, 3.63) is 70.3 Å². The van der Waals surface area contributed by atoms with E-state index in [4.69, 9.17) is 21.1 Å². The highest BCUT2D eigenvalue weighted by atomic mass is 35.5. The normalized spacial score (nSPS) is 32.0. The maximum Gasteiger partial charge on any atom is 0.309 e. The highest BCUT2D eigenvalue weighted by Gasteiger charge is 2.49. The number of rotatable bonds is 2. The van der Waals surface area contributed by atoms with Crippen molar-refractivity contribution >= 4 is 39.2 Å². The number of nitrogens with one attached hydrogen (secondary N) is 1. The predicted molar refractivity (Wildman–Crippen MR) is 191 cm³/mol. The molecule has 1 spiro atoms. The van der Waals surface area contributed by atoms with Gasteiger partial charge in [-0.05, 0) is 125 Å². The van der Waals surface area contributed by atoms with Crippen molar-refractivity contribution in [3.8, 4) is 5.75 Å². The van der Waals surface area contributed by atoms with Gasteiger partial charge in [-0.2, -0.15) is 0 Å². The van der Waals surface area contributed by atoms with E-state index in [-0.39, 0.29) is 35.2 Å². The van der Waals surface area contributed by atoms with Gasteiger partial charge in [-0.25, -0.2) is 13.1 Å². The highest BCUT2D eigenvalue weighted by Crippen LogP contribution is 2.49. The molecule has 0 saturated heterocycles. The number of hydrogen-bond donors (Lipinski definition) is 2. The maximum absolute atomic E-state index is 13.5. The van der Waals surface area contributed by atoms with E-state index >= 15 is 0 Å². The lowest BCUT2D eigenvalue weighted by Crippen LogP contribution is -2.53. The minimum atomic E-state index is -4.04. The van der Waals surface area contributed by atoms with Crippen LogP contribution in [0.5, 0.6) is 5.75 Å². The van der Waals surface area contributed by atoms with Gasteiger partial charge in [-0.15, -0.1) is 0 Å². The molecule has 2 aliphatic heterocycles. The molecule has 2 heterocycles. The van der Waals surface area contributed by atoms with E-state index in [0.29, 0.717) is 42.6 Å². The molecule has 9 nitrogen and oxygen atoms in total. The predicted octanol–water partition coefficient (Wildman–Crippen LogP) is 6.35. The first-order chi connectivity index (χ1) is 23.0. The summed E-state index contributed by atoms with van der Waals surface area (Å²) in [5.41, 5.74) is 0.770. The van der Waals surface area contributed by atoms with E-state index in [1.54, 1.807) is 65.0 Å². The molecule has 0 unspecified atom stereocenters. The third-order valence-corrected chi connectivity index (χ3v) is 13.3. The first-order valence-corrected chi connectivity index (χ1v) is 19.4. The van der Waals surface area contributed by atoms with Gasteiger partial charge in [0.1, 0.15) is 11.4 Å². The van der Waals surface area contributed by atoms with Crippen molar-refractivity contribution in [2.75, 3.05) is 24.6 Å². The number of aliphatic hydroxyl groups is 1. The van der Waals surface area contributed by atoms with E-state index in [0.717, 1.165) is 32.1 Å². The Morgan fingerprint density at radius 2 is 1.94 bits per heavy atom. The molecule has 4 aliphatic rings. The van der Waals surface area contributed by atoms with Crippen LogP contribution in [0.4, 0.5) is 5.69 Å². The SMILES string of the molecule is C[C@@H]1[C@@H](C)C/C=C/[C@](O)(CC(=O)OC(C)(C)C)[C@@H]2CC[C@H]2CN2C[C@@]3(CCCc4cc(Cl)ccc43)COc3ccc(cc32)C(=O)NS1(=O)=O. The number of fused-ring (bicyclic) bond motifs is 4. The van der Waals surface area contributed by atoms with Gasteiger partial charge < -0.3 is 19.5 Å². The van der Waals surface area contributed by atoms with Crippen LogP contribution in [0.1, 0.15) is 94.6 Å². The summed E-state index contributed by atoms with van der Waals surface area (Å²) in [6, 6.07) is 11.2. The average molecular weight is 713 g/mol. The number of allylic oxidation sites excluding steroid dienone is 1. The fourth-order valence-electron chi connectivity index (χ4n) is 8.17. The molecule has 2 aliphatic carbocycles. The van der Waals surface area contributed by atoms with E-state index in [2.05, 4.69) is 15.7 Å². The number of aryl methyl sites for hydroxylation is 1. The average Bonchev–Trinajstić information content (AvgIpc) is 3.13. The van der Waals surface area contributed by atoms with Crippen LogP contribution in [0.2, 0.25) is 5.02 Å². The number of sulfonamides is 1. The molecule has 2 bridgehead atoms. The quantitative estimate of drug-likeness (QED) is 0.273. The number of benzene rings is 2. The van der Waals surface area contributed by atoms with Gasteiger partial charge in [0.25, 0.3) is 5.91 Å². The van der Waals surface area contributed by atoms with Gasteiger partial charge in [0, 0.05) is 29.1 Å². The third kappa shape index (κ3) is 7.38. The molecule has 6 atom stereocenters. The number of anilines is 1. The smallest absolute Gasteiger partial charge is 0.309 e. The molecular formula is C38H49ClN2O7S. The number of halogens is 1. The zero-order chi connectivity index (χ0) is 35.4. The van der Waals surface area contributed by atoms with Gasteiger partial charge in [-0.1, -0.05) is 36.7 Å². The second-order valence-electron chi connectivity index (χ2n) is 15.8. The Bertz CT molecular complexity index is 1750. The molecule has 11 heteroatoms. The van der Waals surface area contributed by atoms with E-state index < -0.39 is 38.4 Å². The van der Waals surface area contributed by atoms with Crippen molar-refractivity contribution in [2.45, 2.75) is 101 Å². The van der Waals surface area contributed by atoms with E-state index in [1.807, 2.05) is 12.1 Å². The largest absolute Gasteiger partial charge is 0.490 e. The van der Waals surface area contributed by atoms with E-state index in [9.17, 15) is 23.1 Å². The first-order valence-electron chi connectivity index (χ1n) is 17.5. The van der Waals surface area contributed by atoms with Gasteiger partial charge in [0.05, 0.1) is 29.6 Å². The van der Waals surface area contributed by atoms with Crippen molar-refractivity contribution in [1.29, 1.82) is 0 Å². The second kappa shape index (κ2) is 13.2. The van der Waals surface area contributed by atoms with Crippen LogP contribution in [0.3, 0.4) is 0 Å². The van der Waals surface area contributed by atoms with Crippen LogP contribution in [0.25, 0.3) is 0 Å². The third-order valence-electron chi connectivity index (χ3n) is 11.1. The van der Waals surface area contributed by atoms with Gasteiger partial charge in [-0.3, -0.25) is 9.59 Å². The number of nitrogens with zero attached hydrogens (tertiary/aromatic N) is 1. The van der Waals surface area contributed by atoms with Crippen LogP contribution in [0.15, 0.2) is 48.6 Å². The lowest BCUT2D eigenvalue weighted by atomic mass is 9.63. The molecule has 1 amide bonds. The lowest BCUT2D eigenvalue weighted by Gasteiger charge is -2.49. The van der Waals surface area contributed by atoms with Crippen molar-refractivity contribution in [1.82, 2.24) is 4.72 Å².